The fourth-order valence-electron chi connectivity index (χ4n) is 0.576. The van der Waals surface area contributed by atoms with E-state index in [0.29, 0.717) is 6.54 Å². The molecule has 0 bridgehead atoms. The maximum absolute atomic E-state index is 7.09. The Labute approximate surface area is 51.2 Å². The highest BCUT2D eigenvalue weighted by Gasteiger charge is 1.91. The smallest absolute Gasteiger partial charge is 0.0184 e. The van der Waals surface area contributed by atoms with E-state index in [0.717, 1.165) is 19.3 Å². The van der Waals surface area contributed by atoms with Gasteiger partial charge in [0, 0.05) is 12.6 Å². The van der Waals surface area contributed by atoms with E-state index in [1.54, 1.807) is 0 Å². The van der Waals surface area contributed by atoms with E-state index in [-0.39, 0.29) is 6.04 Å². The van der Waals surface area contributed by atoms with Crippen molar-refractivity contribution in [1.82, 2.24) is 11.5 Å². The molecule has 0 aliphatic heterocycles. The lowest BCUT2D eigenvalue weighted by molar-refractivity contribution is 0.588. The number of unbranched alkanes of at least 4 members (excludes halogenated alkanes) is 1. The van der Waals surface area contributed by atoms with Crippen molar-refractivity contribution in [2.24, 2.45) is 0 Å². The van der Waals surface area contributed by atoms with Gasteiger partial charge in [0.1, 0.15) is 0 Å². The molecule has 0 rings (SSSR count). The summed E-state index contributed by atoms with van der Waals surface area (Å²) >= 11 is 0. The molecule has 2 N–H and O–H groups in total. The summed E-state index contributed by atoms with van der Waals surface area (Å²) in [7, 11) is 0. The Balaban J connectivity index is 2.72. The normalized spacial score (nSPS) is 13.9. The van der Waals surface area contributed by atoms with Gasteiger partial charge in [0.25, 0.3) is 0 Å². The predicted molar refractivity (Wildman–Crippen MR) is 34.4 cm³/mol. The van der Waals surface area contributed by atoms with Crippen molar-refractivity contribution in [3.63, 3.8) is 0 Å². The van der Waals surface area contributed by atoms with Gasteiger partial charge in [-0.05, 0) is 19.8 Å². The number of hydrogen-bond donors (Lipinski definition) is 0. The van der Waals surface area contributed by atoms with Crippen LogP contribution in [0.5, 0.6) is 0 Å². The molecular weight excluding hydrogens is 100 g/mol. The van der Waals surface area contributed by atoms with Gasteiger partial charge in [-0.1, -0.05) is 6.42 Å². The zero-order valence-electron chi connectivity index (χ0n) is 5.41. The third-order valence-corrected chi connectivity index (χ3v) is 1.06. The molecule has 0 aromatic rings. The van der Waals surface area contributed by atoms with E-state index < -0.39 is 0 Å². The third-order valence-electron chi connectivity index (χ3n) is 1.06. The summed E-state index contributed by atoms with van der Waals surface area (Å²) in [6, 6.07) is 0.0709. The molecule has 0 saturated carbocycles. The lowest BCUT2D eigenvalue weighted by atomic mass is 10.1. The first-order chi connectivity index (χ1) is 3.77. The third kappa shape index (κ3) is 5.92. The Kier molecular flexibility index (Phi) is 5.01. The van der Waals surface area contributed by atoms with Gasteiger partial charge in [-0.25, -0.2) is 0 Å². The largest absolute Gasteiger partial charge is 0.258 e. The quantitative estimate of drug-likeness (QED) is 0.491. The Hall–Kier alpha value is -0.0800. The average molecular weight is 114 g/mol. The zero-order chi connectivity index (χ0) is 6.41. The van der Waals surface area contributed by atoms with Gasteiger partial charge in [0.15, 0.2) is 0 Å². The summed E-state index contributed by atoms with van der Waals surface area (Å²) in [5.41, 5.74) is 13.9. The number of hydrogen-bond acceptors (Lipinski definition) is 0. The van der Waals surface area contributed by atoms with E-state index in [2.05, 4.69) is 0 Å². The monoisotopic (exact) mass is 114 g/mol. The molecule has 0 aromatic carbocycles. The highest BCUT2D eigenvalue weighted by Crippen LogP contribution is 1.96. The summed E-state index contributed by atoms with van der Waals surface area (Å²) in [5.74, 6) is 0. The van der Waals surface area contributed by atoms with Gasteiger partial charge < -0.3 is 0 Å². The number of rotatable bonds is 4. The molecule has 2 nitrogen and oxygen atoms in total. The van der Waals surface area contributed by atoms with Gasteiger partial charge >= 0.3 is 0 Å². The minimum Gasteiger partial charge on any atom is -0.258 e. The molecule has 2 heteroatoms. The zero-order valence-corrected chi connectivity index (χ0v) is 5.41. The molecule has 0 spiro atoms. The second kappa shape index (κ2) is 5.06. The van der Waals surface area contributed by atoms with Crippen molar-refractivity contribution < 1.29 is 0 Å². The highest BCUT2D eigenvalue weighted by molar-refractivity contribution is 4.51. The molecule has 0 aliphatic rings. The highest BCUT2D eigenvalue weighted by atomic mass is 14.6. The van der Waals surface area contributed by atoms with Gasteiger partial charge in [0.05, 0.1) is 0 Å². The van der Waals surface area contributed by atoms with Crippen LogP contribution in [-0.4, -0.2) is 12.6 Å². The van der Waals surface area contributed by atoms with Gasteiger partial charge in [-0.15, -0.1) is 0 Å². The molecule has 0 aliphatic carbocycles. The van der Waals surface area contributed by atoms with Gasteiger partial charge in [0.2, 0.25) is 0 Å². The maximum atomic E-state index is 7.09. The lowest BCUT2D eigenvalue weighted by Crippen LogP contribution is -2.01. The van der Waals surface area contributed by atoms with Crippen LogP contribution in [-0.2, 0) is 0 Å². The second-order valence-electron chi connectivity index (χ2n) is 2.15. The molecule has 0 amide bonds. The van der Waals surface area contributed by atoms with E-state index in [9.17, 15) is 0 Å². The molecule has 0 fully saturated rings. The van der Waals surface area contributed by atoms with Crippen LogP contribution in [0.1, 0.15) is 26.2 Å². The van der Waals surface area contributed by atoms with Crippen LogP contribution >= 0.6 is 0 Å². The molecule has 0 saturated heterocycles. The summed E-state index contributed by atoms with van der Waals surface area (Å²) in [4.78, 5) is 0. The molecule has 8 heavy (non-hydrogen) atoms. The van der Waals surface area contributed by atoms with Crippen molar-refractivity contribution in [1.29, 1.82) is 0 Å². The van der Waals surface area contributed by atoms with E-state index in [4.69, 9.17) is 11.5 Å². The van der Waals surface area contributed by atoms with Crippen LogP contribution in [0.3, 0.4) is 0 Å². The molecule has 0 aromatic heterocycles. The Morgan fingerprint density at radius 3 is 2.38 bits per heavy atom. The first kappa shape index (κ1) is 7.92. The molecule has 0 heterocycles. The van der Waals surface area contributed by atoms with Crippen molar-refractivity contribution in [2.45, 2.75) is 32.2 Å². The first-order valence-corrected chi connectivity index (χ1v) is 3.13. The minimum atomic E-state index is 0.0709. The second-order valence-corrected chi connectivity index (χ2v) is 2.15. The SMILES string of the molecule is CC([NH])CCCC[NH]. The van der Waals surface area contributed by atoms with Crippen LogP contribution in [0, 0.1) is 0 Å². The fraction of sp³-hybridized carbons (Fsp3) is 1.00. The lowest BCUT2D eigenvalue weighted by Gasteiger charge is -1.99. The Morgan fingerprint density at radius 2 is 2.00 bits per heavy atom. The molecule has 1 atom stereocenters. The summed E-state index contributed by atoms with van der Waals surface area (Å²) < 4.78 is 0. The standard InChI is InChI=1S/C6H14N2/c1-6(8)4-2-3-5-7/h6-8H,2-5H2,1H3. The van der Waals surface area contributed by atoms with Gasteiger partial charge in [-0.2, -0.15) is 0 Å². The fourth-order valence-corrected chi connectivity index (χ4v) is 0.576. The van der Waals surface area contributed by atoms with Crippen LogP contribution in [0.4, 0.5) is 0 Å². The summed E-state index contributed by atoms with van der Waals surface area (Å²) in [5, 5.41) is 0. The van der Waals surface area contributed by atoms with Crippen molar-refractivity contribution in [3.8, 4) is 0 Å². The molecule has 2 radical (unpaired) electrons. The van der Waals surface area contributed by atoms with Crippen molar-refractivity contribution in [3.05, 3.63) is 0 Å². The summed E-state index contributed by atoms with van der Waals surface area (Å²) in [6.45, 7) is 2.41. The van der Waals surface area contributed by atoms with E-state index in [1.165, 1.54) is 0 Å². The van der Waals surface area contributed by atoms with Gasteiger partial charge in [-0.3, -0.25) is 11.5 Å². The van der Waals surface area contributed by atoms with Crippen molar-refractivity contribution >= 4 is 0 Å². The van der Waals surface area contributed by atoms with E-state index in [1.807, 2.05) is 6.92 Å². The Morgan fingerprint density at radius 1 is 1.38 bits per heavy atom. The molecule has 48 valence electrons. The first-order valence-electron chi connectivity index (χ1n) is 3.13. The Bertz CT molecular complexity index is 43.8. The van der Waals surface area contributed by atoms with Crippen LogP contribution in [0.15, 0.2) is 0 Å². The predicted octanol–water partition coefficient (Wildman–Crippen LogP) is 1.11. The minimum absolute atomic E-state index is 0.0709. The molecule has 1 unspecified atom stereocenters. The average Bonchev–Trinajstić information content (AvgIpc) is 1.66. The van der Waals surface area contributed by atoms with E-state index >= 15 is 0 Å². The molecular formula is C6H14N2. The summed E-state index contributed by atoms with van der Waals surface area (Å²) in [6.07, 6.45) is 2.97. The topological polar surface area (TPSA) is 47.6 Å². The van der Waals surface area contributed by atoms with Crippen LogP contribution in [0.25, 0.3) is 0 Å². The number of nitrogens with one attached hydrogen (secondary N) is 2. The van der Waals surface area contributed by atoms with Crippen molar-refractivity contribution in [2.75, 3.05) is 6.54 Å². The maximum Gasteiger partial charge on any atom is 0.0184 e. The van der Waals surface area contributed by atoms with Crippen LogP contribution in [0.2, 0.25) is 0 Å². The van der Waals surface area contributed by atoms with Crippen LogP contribution < -0.4 is 11.5 Å².